The Kier molecular flexibility index (Phi) is 5.77. The molecule has 2 aromatic rings. The molecule has 2 atom stereocenters. The number of likely N-dealkylation sites (N-methyl/N-ethyl adjacent to an activating group) is 1. The second kappa shape index (κ2) is 8.76. The van der Waals surface area contributed by atoms with Gasteiger partial charge in [-0.15, -0.1) is 0 Å². The van der Waals surface area contributed by atoms with Gasteiger partial charge in [-0.2, -0.15) is 0 Å². The van der Waals surface area contributed by atoms with Crippen LogP contribution in [-0.4, -0.2) is 66.4 Å². The Morgan fingerprint density at radius 2 is 1.71 bits per heavy atom. The predicted molar refractivity (Wildman–Crippen MR) is 123 cm³/mol. The van der Waals surface area contributed by atoms with E-state index in [9.17, 15) is 19.5 Å². The molecular formula is C26H28N2O6. The minimum Gasteiger partial charge on any atom is -0.479 e. The summed E-state index contributed by atoms with van der Waals surface area (Å²) in [5.41, 5.74) is 3.58. The first-order valence-electron chi connectivity index (χ1n) is 11.6. The van der Waals surface area contributed by atoms with Crippen molar-refractivity contribution in [1.82, 2.24) is 10.2 Å². The lowest BCUT2D eigenvalue weighted by Crippen LogP contribution is -2.47. The van der Waals surface area contributed by atoms with Gasteiger partial charge in [0.25, 0.3) is 0 Å². The Bertz CT molecular complexity index is 1080. The molecule has 2 aromatic carbocycles. The zero-order valence-corrected chi connectivity index (χ0v) is 19.0. The zero-order valence-electron chi connectivity index (χ0n) is 19.0. The van der Waals surface area contributed by atoms with Crippen LogP contribution < -0.4 is 5.32 Å². The summed E-state index contributed by atoms with van der Waals surface area (Å²) in [6, 6.07) is 16.3. The number of carboxylic acid groups (broad SMARTS) is 1. The third-order valence-electron chi connectivity index (χ3n) is 7.34. The molecule has 34 heavy (non-hydrogen) atoms. The van der Waals surface area contributed by atoms with Gasteiger partial charge in [0.05, 0.1) is 18.6 Å². The van der Waals surface area contributed by atoms with Crippen molar-refractivity contribution in [3.05, 3.63) is 59.7 Å². The molecule has 0 aromatic heterocycles. The predicted octanol–water partition coefficient (Wildman–Crippen LogP) is 3.01. The van der Waals surface area contributed by atoms with Crippen molar-refractivity contribution in [1.29, 1.82) is 0 Å². The molecule has 8 nitrogen and oxygen atoms in total. The van der Waals surface area contributed by atoms with Crippen LogP contribution in [0.2, 0.25) is 0 Å². The van der Waals surface area contributed by atoms with E-state index in [1.807, 2.05) is 24.3 Å². The minimum atomic E-state index is -1.06. The minimum absolute atomic E-state index is 0.0117. The third kappa shape index (κ3) is 3.92. The summed E-state index contributed by atoms with van der Waals surface area (Å²) in [4.78, 5) is 38.0. The number of rotatable bonds is 7. The van der Waals surface area contributed by atoms with E-state index in [2.05, 4.69) is 29.6 Å². The van der Waals surface area contributed by atoms with Gasteiger partial charge in [0.2, 0.25) is 5.91 Å². The van der Waals surface area contributed by atoms with Crippen LogP contribution >= 0.6 is 0 Å². The van der Waals surface area contributed by atoms with Crippen molar-refractivity contribution in [2.45, 2.75) is 36.8 Å². The van der Waals surface area contributed by atoms with Crippen LogP contribution in [0, 0.1) is 5.92 Å². The van der Waals surface area contributed by atoms with Gasteiger partial charge in [-0.25, -0.2) is 9.59 Å². The van der Waals surface area contributed by atoms with Crippen LogP contribution in [0.4, 0.5) is 4.79 Å². The standard InChI is InChI=1S/C26H28N2O6/c1-28(26(10-11-26)24(30)31)23(29)16-12-17(33-14-16)13-27-25(32)34-15-22-20-8-4-2-6-18(20)19-7-3-5-9-21(19)22/h2-9,16-17,22H,10-15H2,1H3,(H,27,32)(H,30,31)/t16-,17-/m0/s1. The molecule has 1 heterocycles. The smallest absolute Gasteiger partial charge is 0.407 e. The maximum absolute atomic E-state index is 12.7. The highest BCUT2D eigenvalue weighted by atomic mass is 16.5. The number of hydrogen-bond donors (Lipinski definition) is 2. The van der Waals surface area contributed by atoms with Crippen LogP contribution in [0.3, 0.4) is 0 Å². The van der Waals surface area contributed by atoms with Crippen molar-refractivity contribution < 1.29 is 29.0 Å². The summed E-state index contributed by atoms with van der Waals surface area (Å²) >= 11 is 0. The quantitative estimate of drug-likeness (QED) is 0.653. The second-order valence-corrected chi connectivity index (χ2v) is 9.33. The maximum Gasteiger partial charge on any atom is 0.407 e. The number of carbonyl (C=O) groups excluding carboxylic acids is 2. The van der Waals surface area contributed by atoms with Crippen molar-refractivity contribution >= 4 is 18.0 Å². The van der Waals surface area contributed by atoms with Gasteiger partial charge < -0.3 is 24.8 Å². The molecule has 0 spiro atoms. The van der Waals surface area contributed by atoms with E-state index in [1.54, 1.807) is 7.05 Å². The van der Waals surface area contributed by atoms with Crippen LogP contribution in [-0.2, 0) is 19.1 Å². The first-order valence-corrected chi connectivity index (χ1v) is 11.6. The summed E-state index contributed by atoms with van der Waals surface area (Å²) in [5.74, 6) is -1.60. The number of ether oxygens (including phenoxy) is 2. The lowest BCUT2D eigenvalue weighted by Gasteiger charge is -2.26. The molecule has 0 bridgehead atoms. The number of amides is 2. The van der Waals surface area contributed by atoms with E-state index in [1.165, 1.54) is 16.0 Å². The highest BCUT2D eigenvalue weighted by molar-refractivity contribution is 5.90. The maximum atomic E-state index is 12.7. The summed E-state index contributed by atoms with van der Waals surface area (Å²) < 4.78 is 11.2. The van der Waals surface area contributed by atoms with Gasteiger partial charge in [-0.3, -0.25) is 4.79 Å². The molecule has 2 amide bonds. The summed E-state index contributed by atoms with van der Waals surface area (Å²) in [7, 11) is 1.55. The first kappa shape index (κ1) is 22.4. The fraction of sp³-hybridized carbons (Fsp3) is 0.423. The van der Waals surface area contributed by atoms with Crippen LogP contribution in [0.5, 0.6) is 0 Å². The second-order valence-electron chi connectivity index (χ2n) is 9.33. The Morgan fingerprint density at radius 1 is 1.09 bits per heavy atom. The average molecular weight is 465 g/mol. The number of carbonyl (C=O) groups is 3. The monoisotopic (exact) mass is 464 g/mol. The first-order chi connectivity index (χ1) is 16.4. The molecule has 2 N–H and O–H groups in total. The van der Waals surface area contributed by atoms with Gasteiger partial charge in [0.15, 0.2) is 0 Å². The van der Waals surface area contributed by atoms with E-state index in [0.29, 0.717) is 19.3 Å². The number of benzene rings is 2. The van der Waals surface area contributed by atoms with Gasteiger partial charge in [0, 0.05) is 19.5 Å². The fourth-order valence-corrected chi connectivity index (χ4v) is 5.16. The average Bonchev–Trinajstić information content (AvgIpc) is 3.43. The number of alkyl carbamates (subject to hydrolysis) is 1. The summed E-state index contributed by atoms with van der Waals surface area (Å²) in [6.07, 6.45) is 0.543. The molecule has 178 valence electrons. The van der Waals surface area contributed by atoms with Crippen molar-refractivity contribution in [2.24, 2.45) is 5.92 Å². The summed E-state index contributed by atoms with van der Waals surface area (Å²) in [5, 5.41) is 12.2. The number of aliphatic carboxylic acids is 1. The molecule has 1 saturated heterocycles. The number of nitrogens with one attached hydrogen (secondary N) is 1. The highest BCUT2D eigenvalue weighted by Crippen LogP contribution is 2.44. The topological polar surface area (TPSA) is 105 Å². The molecular weight excluding hydrogens is 436 g/mol. The van der Waals surface area contributed by atoms with Crippen molar-refractivity contribution in [3.63, 3.8) is 0 Å². The number of hydrogen-bond acceptors (Lipinski definition) is 5. The molecule has 2 aliphatic carbocycles. The molecule has 1 aliphatic heterocycles. The van der Waals surface area contributed by atoms with Crippen LogP contribution in [0.15, 0.2) is 48.5 Å². The van der Waals surface area contributed by atoms with E-state index in [-0.39, 0.29) is 37.7 Å². The molecule has 3 aliphatic rings. The van der Waals surface area contributed by atoms with E-state index in [4.69, 9.17) is 9.47 Å². The molecule has 1 saturated carbocycles. The molecule has 0 unspecified atom stereocenters. The van der Waals surface area contributed by atoms with E-state index >= 15 is 0 Å². The van der Waals surface area contributed by atoms with Crippen molar-refractivity contribution in [2.75, 3.05) is 26.8 Å². The third-order valence-corrected chi connectivity index (χ3v) is 7.34. The highest BCUT2D eigenvalue weighted by Gasteiger charge is 2.56. The summed E-state index contributed by atoms with van der Waals surface area (Å²) in [6.45, 7) is 0.679. The fourth-order valence-electron chi connectivity index (χ4n) is 5.16. The molecule has 8 heteroatoms. The number of nitrogens with zero attached hydrogens (tertiary/aromatic N) is 1. The Morgan fingerprint density at radius 3 is 2.29 bits per heavy atom. The lowest BCUT2D eigenvalue weighted by molar-refractivity contribution is -0.152. The van der Waals surface area contributed by atoms with Crippen LogP contribution in [0.1, 0.15) is 36.3 Å². The largest absolute Gasteiger partial charge is 0.479 e. The van der Waals surface area contributed by atoms with Gasteiger partial charge in [0.1, 0.15) is 12.1 Å². The van der Waals surface area contributed by atoms with Crippen LogP contribution in [0.25, 0.3) is 11.1 Å². The van der Waals surface area contributed by atoms with E-state index in [0.717, 1.165) is 11.1 Å². The van der Waals surface area contributed by atoms with E-state index < -0.39 is 23.5 Å². The molecule has 0 radical (unpaired) electrons. The zero-order chi connectivity index (χ0) is 23.9. The SMILES string of the molecule is CN(C(=O)[C@@H]1CO[C@H](CNC(=O)OCC2c3ccccc3-c3ccccc32)C1)C1(C(=O)O)CC1. The number of carboxylic acids is 1. The molecule has 2 fully saturated rings. The van der Waals surface area contributed by atoms with Gasteiger partial charge in [-0.1, -0.05) is 48.5 Å². The lowest BCUT2D eigenvalue weighted by atomic mass is 9.98. The van der Waals surface area contributed by atoms with Gasteiger partial charge in [-0.05, 0) is 41.5 Å². The Hall–Kier alpha value is -3.39. The van der Waals surface area contributed by atoms with Crippen molar-refractivity contribution in [3.8, 4) is 11.1 Å². The Balaban J connectivity index is 1.11. The number of fused-ring (bicyclic) bond motifs is 3. The normalized spacial score (nSPS) is 21.9. The molecule has 5 rings (SSSR count). The Labute approximate surface area is 197 Å². The van der Waals surface area contributed by atoms with Gasteiger partial charge >= 0.3 is 12.1 Å².